The number of alkyl halides is 1. The van der Waals surface area contributed by atoms with Gasteiger partial charge in [0.15, 0.2) is 0 Å². The molecule has 0 aliphatic rings. The molecule has 2 aromatic heterocycles. The van der Waals surface area contributed by atoms with Crippen LogP contribution in [0.2, 0.25) is 0 Å². The van der Waals surface area contributed by atoms with Crippen molar-refractivity contribution in [3.63, 3.8) is 0 Å². The normalized spacial score (nSPS) is 10.8. The molecule has 7 nitrogen and oxygen atoms in total. The fraction of sp³-hybridized carbons (Fsp3) is 0.318. The van der Waals surface area contributed by atoms with Crippen LogP contribution in [0.1, 0.15) is 25.3 Å². The Morgan fingerprint density at radius 2 is 2.03 bits per heavy atom. The third-order valence-corrected chi connectivity index (χ3v) is 4.59. The minimum absolute atomic E-state index is 0.00960. The van der Waals surface area contributed by atoms with Crippen molar-refractivity contribution < 1.29 is 19.1 Å². The summed E-state index contributed by atoms with van der Waals surface area (Å²) in [5.74, 6) is 0.807. The number of aryl methyl sites for hydroxylation is 1. The molecule has 0 saturated heterocycles. The highest BCUT2D eigenvalue weighted by atomic mass is 35.5. The number of hydrogen-bond donors (Lipinski definition) is 1. The van der Waals surface area contributed by atoms with Crippen LogP contribution in [0, 0.1) is 6.92 Å². The molecule has 30 heavy (non-hydrogen) atoms. The Balaban J connectivity index is 1.94. The zero-order valence-electron chi connectivity index (χ0n) is 17.0. The van der Waals surface area contributed by atoms with Crippen molar-refractivity contribution >= 4 is 35.0 Å². The average Bonchev–Trinajstić information content (AvgIpc) is 3.09. The van der Waals surface area contributed by atoms with E-state index in [1.165, 1.54) is 0 Å². The molecule has 0 aliphatic carbocycles. The van der Waals surface area contributed by atoms with Crippen LogP contribution in [0.25, 0.3) is 16.9 Å². The number of benzene rings is 1. The van der Waals surface area contributed by atoms with Gasteiger partial charge in [-0.1, -0.05) is 18.2 Å². The number of carbonyl (C=O) groups is 2. The fourth-order valence-corrected chi connectivity index (χ4v) is 3.12. The van der Waals surface area contributed by atoms with Gasteiger partial charge >= 0.3 is 11.9 Å². The van der Waals surface area contributed by atoms with Gasteiger partial charge in [0.2, 0.25) is 0 Å². The lowest BCUT2D eigenvalue weighted by atomic mass is 10.1. The van der Waals surface area contributed by atoms with Crippen molar-refractivity contribution in [1.82, 2.24) is 9.38 Å². The molecule has 0 aliphatic heterocycles. The molecule has 2 heterocycles. The lowest BCUT2D eigenvalue weighted by Crippen LogP contribution is -2.18. The number of carbonyl (C=O) groups excluding carboxylic acids is 2. The second-order valence-electron chi connectivity index (χ2n) is 6.70. The van der Waals surface area contributed by atoms with Gasteiger partial charge in [0.1, 0.15) is 29.5 Å². The van der Waals surface area contributed by atoms with Gasteiger partial charge in [0.05, 0.1) is 6.61 Å². The predicted octanol–water partition coefficient (Wildman–Crippen LogP) is 4.21. The Bertz CT molecular complexity index is 1050. The first-order valence-corrected chi connectivity index (χ1v) is 10.3. The first kappa shape index (κ1) is 21.6. The molecule has 0 spiro atoms. The van der Waals surface area contributed by atoms with E-state index >= 15 is 0 Å². The van der Waals surface area contributed by atoms with Crippen molar-refractivity contribution in [2.24, 2.45) is 0 Å². The Morgan fingerprint density at radius 1 is 1.20 bits per heavy atom. The van der Waals surface area contributed by atoms with Crippen LogP contribution in [0.5, 0.6) is 5.75 Å². The van der Waals surface area contributed by atoms with E-state index in [-0.39, 0.29) is 24.9 Å². The van der Waals surface area contributed by atoms with Crippen LogP contribution in [0.3, 0.4) is 0 Å². The Hall–Kier alpha value is -3.06. The second kappa shape index (κ2) is 10.1. The van der Waals surface area contributed by atoms with Gasteiger partial charge in [0.25, 0.3) is 0 Å². The molecule has 0 radical (unpaired) electrons. The Morgan fingerprint density at radius 3 is 2.80 bits per heavy atom. The Labute approximate surface area is 180 Å². The lowest BCUT2D eigenvalue weighted by molar-refractivity contribution is -0.141. The number of hydrogen-bond acceptors (Lipinski definition) is 6. The first-order chi connectivity index (χ1) is 14.5. The number of nitrogens with one attached hydrogen (secondary N) is 1. The smallest absolute Gasteiger partial charge is 0.325 e. The summed E-state index contributed by atoms with van der Waals surface area (Å²) in [4.78, 5) is 28.5. The molecule has 0 saturated carbocycles. The van der Waals surface area contributed by atoms with E-state index < -0.39 is 0 Å². The number of aromatic nitrogens is 2. The maximum absolute atomic E-state index is 11.9. The summed E-state index contributed by atoms with van der Waals surface area (Å²) in [6, 6.07) is 11.0. The third-order valence-electron chi connectivity index (χ3n) is 4.33. The molecule has 1 N–H and O–H groups in total. The number of fused-ring (bicyclic) bond motifs is 1. The van der Waals surface area contributed by atoms with E-state index in [1.54, 1.807) is 25.1 Å². The maximum Gasteiger partial charge on any atom is 0.325 e. The molecule has 158 valence electrons. The van der Waals surface area contributed by atoms with Crippen molar-refractivity contribution in [2.45, 2.75) is 26.7 Å². The van der Waals surface area contributed by atoms with Gasteiger partial charge in [-0.2, -0.15) is 0 Å². The number of halogens is 1. The van der Waals surface area contributed by atoms with Crippen LogP contribution >= 0.6 is 11.6 Å². The van der Waals surface area contributed by atoms with E-state index in [0.29, 0.717) is 36.2 Å². The number of esters is 2. The van der Waals surface area contributed by atoms with Crippen molar-refractivity contribution in [3.8, 4) is 17.0 Å². The summed E-state index contributed by atoms with van der Waals surface area (Å²) < 4.78 is 12.3. The summed E-state index contributed by atoms with van der Waals surface area (Å²) >= 11 is 5.63. The minimum Gasteiger partial charge on any atom is -0.465 e. The zero-order chi connectivity index (χ0) is 21.5. The minimum atomic E-state index is -0.354. The molecule has 3 aromatic rings. The SMILES string of the molecule is CCOC(=O)CNc1c(-c2cccc(OC(=O)CCCCl)c2)nc2ccc(C)cn12. The molecule has 0 amide bonds. The molecule has 8 heteroatoms. The Kier molecular flexibility index (Phi) is 7.30. The molecule has 1 aromatic carbocycles. The van der Waals surface area contributed by atoms with Crippen LogP contribution in [-0.2, 0) is 14.3 Å². The zero-order valence-corrected chi connectivity index (χ0v) is 17.7. The molecular weight excluding hydrogens is 406 g/mol. The van der Waals surface area contributed by atoms with Gasteiger partial charge < -0.3 is 14.8 Å². The highest BCUT2D eigenvalue weighted by molar-refractivity contribution is 6.17. The van der Waals surface area contributed by atoms with Crippen molar-refractivity contribution in [2.75, 3.05) is 24.3 Å². The van der Waals surface area contributed by atoms with E-state index in [9.17, 15) is 9.59 Å². The molecule has 0 atom stereocenters. The van der Waals surface area contributed by atoms with E-state index in [2.05, 4.69) is 5.32 Å². The fourth-order valence-electron chi connectivity index (χ4n) is 2.99. The van der Waals surface area contributed by atoms with Gasteiger partial charge in [-0.25, -0.2) is 4.98 Å². The number of anilines is 1. The molecular formula is C22H24ClN3O4. The van der Waals surface area contributed by atoms with Crippen LogP contribution in [0.4, 0.5) is 5.82 Å². The standard InChI is InChI=1S/C22H24ClN3O4/c1-3-29-20(28)13-24-22-21(25-18-10-9-15(2)14-26(18)22)16-6-4-7-17(12-16)30-19(27)8-5-11-23/h4,6-7,9-10,12,14,24H,3,5,8,11,13H2,1-2H3. The summed E-state index contributed by atoms with van der Waals surface area (Å²) in [5, 5.41) is 3.14. The highest BCUT2D eigenvalue weighted by Gasteiger charge is 2.16. The third kappa shape index (κ3) is 5.30. The van der Waals surface area contributed by atoms with E-state index in [1.807, 2.05) is 35.7 Å². The lowest BCUT2D eigenvalue weighted by Gasteiger charge is -2.10. The predicted molar refractivity (Wildman–Crippen MR) is 116 cm³/mol. The van der Waals surface area contributed by atoms with Crippen LogP contribution in [-0.4, -0.2) is 40.4 Å². The number of imidazole rings is 1. The summed E-state index contributed by atoms with van der Waals surface area (Å²) in [7, 11) is 0. The molecule has 0 bridgehead atoms. The van der Waals surface area contributed by atoms with E-state index in [0.717, 1.165) is 16.8 Å². The van der Waals surface area contributed by atoms with Crippen molar-refractivity contribution in [3.05, 3.63) is 48.2 Å². The molecule has 0 fully saturated rings. The number of pyridine rings is 1. The largest absolute Gasteiger partial charge is 0.465 e. The highest BCUT2D eigenvalue weighted by Crippen LogP contribution is 2.31. The topological polar surface area (TPSA) is 81.9 Å². The average molecular weight is 430 g/mol. The first-order valence-electron chi connectivity index (χ1n) is 9.77. The van der Waals surface area contributed by atoms with Gasteiger partial charge in [-0.15, -0.1) is 11.6 Å². The molecule has 0 unspecified atom stereocenters. The summed E-state index contributed by atoms with van der Waals surface area (Å²) in [6.07, 6.45) is 2.76. The van der Waals surface area contributed by atoms with Crippen molar-refractivity contribution in [1.29, 1.82) is 0 Å². The molecule has 3 rings (SSSR count). The maximum atomic E-state index is 11.9. The second-order valence-corrected chi connectivity index (χ2v) is 7.07. The van der Waals surface area contributed by atoms with Crippen LogP contribution in [0.15, 0.2) is 42.6 Å². The number of ether oxygens (including phenoxy) is 2. The summed E-state index contributed by atoms with van der Waals surface area (Å²) in [6.45, 7) is 4.07. The van der Waals surface area contributed by atoms with E-state index in [4.69, 9.17) is 26.1 Å². The van der Waals surface area contributed by atoms with Gasteiger partial charge in [-0.05, 0) is 44.0 Å². The summed E-state index contributed by atoms with van der Waals surface area (Å²) in [5.41, 5.74) is 3.17. The quantitative estimate of drug-likeness (QED) is 0.312. The van der Waals surface area contributed by atoms with Crippen LogP contribution < -0.4 is 10.1 Å². The van der Waals surface area contributed by atoms with Gasteiger partial charge in [0, 0.05) is 24.1 Å². The number of rotatable bonds is 9. The number of nitrogens with zero attached hydrogens (tertiary/aromatic N) is 2. The van der Waals surface area contributed by atoms with Gasteiger partial charge in [-0.3, -0.25) is 14.0 Å². The monoisotopic (exact) mass is 429 g/mol.